The molecule has 74 valence electrons. The van der Waals surface area contributed by atoms with Crippen molar-refractivity contribution in [2.24, 2.45) is 5.10 Å². The fraction of sp³-hybridized carbons (Fsp3) is 0.200. The van der Waals surface area contributed by atoms with Gasteiger partial charge >= 0.3 is 0 Å². The van der Waals surface area contributed by atoms with Gasteiger partial charge < -0.3 is 0 Å². The van der Waals surface area contributed by atoms with E-state index in [0.717, 1.165) is 5.56 Å². The fourth-order valence-electron chi connectivity index (χ4n) is 0.835. The topological polar surface area (TPSA) is 27.4 Å². The number of hydrogen-bond acceptors (Lipinski definition) is 1. The van der Waals surface area contributed by atoms with Crippen LogP contribution in [0.2, 0.25) is 5.02 Å². The van der Waals surface area contributed by atoms with Crippen molar-refractivity contribution in [2.75, 3.05) is 14.1 Å². The van der Waals surface area contributed by atoms with E-state index in [9.17, 15) is 0 Å². The Morgan fingerprint density at radius 1 is 1.36 bits per heavy atom. The van der Waals surface area contributed by atoms with Gasteiger partial charge in [-0.3, -0.25) is 4.58 Å². The first-order chi connectivity index (χ1) is 6.70. The standard InChI is InChI=1S/C10H12ClN3/c1-14(2)8-13-12-7-9-5-3-4-6-10(9)11/h3-8H,1-2H3/p+1/b12-7-. The fourth-order valence-corrected chi connectivity index (χ4v) is 1.02. The molecule has 0 aliphatic carbocycles. The van der Waals surface area contributed by atoms with Crippen LogP contribution in [0.5, 0.6) is 0 Å². The van der Waals surface area contributed by atoms with Gasteiger partial charge in [-0.25, -0.2) is 0 Å². The predicted molar refractivity (Wildman–Crippen MR) is 60.4 cm³/mol. The van der Waals surface area contributed by atoms with Crippen molar-refractivity contribution in [1.29, 1.82) is 0 Å². The zero-order valence-electron chi connectivity index (χ0n) is 8.24. The van der Waals surface area contributed by atoms with Crippen LogP contribution in [0.1, 0.15) is 5.56 Å². The molecule has 0 saturated heterocycles. The van der Waals surface area contributed by atoms with E-state index >= 15 is 0 Å². The first kappa shape index (κ1) is 10.7. The lowest BCUT2D eigenvalue weighted by Gasteiger charge is -1.93. The quantitative estimate of drug-likeness (QED) is 0.349. The highest BCUT2D eigenvalue weighted by molar-refractivity contribution is 6.33. The average molecular weight is 211 g/mol. The number of benzene rings is 1. The molecule has 0 saturated carbocycles. The van der Waals surface area contributed by atoms with E-state index in [1.807, 2.05) is 42.9 Å². The Labute approximate surface area is 88.7 Å². The second-order valence-corrected chi connectivity index (χ2v) is 3.41. The van der Waals surface area contributed by atoms with Gasteiger partial charge in [-0.05, 0) is 6.07 Å². The molecular weight excluding hydrogens is 198 g/mol. The second-order valence-electron chi connectivity index (χ2n) is 3.00. The summed E-state index contributed by atoms with van der Waals surface area (Å²) in [5.41, 5.74) is 3.67. The van der Waals surface area contributed by atoms with Gasteiger partial charge in [-0.2, -0.15) is 5.43 Å². The molecule has 0 aromatic heterocycles. The van der Waals surface area contributed by atoms with E-state index in [1.165, 1.54) is 0 Å². The molecule has 14 heavy (non-hydrogen) atoms. The Bertz CT molecular complexity index is 354. The zero-order chi connectivity index (χ0) is 10.4. The van der Waals surface area contributed by atoms with Crippen LogP contribution in [0.4, 0.5) is 0 Å². The minimum Gasteiger partial charge on any atom is -0.272 e. The Morgan fingerprint density at radius 3 is 2.71 bits per heavy atom. The van der Waals surface area contributed by atoms with Crippen LogP contribution in [0.3, 0.4) is 0 Å². The molecule has 1 rings (SSSR count). The smallest absolute Gasteiger partial charge is 0.256 e. The van der Waals surface area contributed by atoms with Crippen LogP contribution in [0, 0.1) is 0 Å². The van der Waals surface area contributed by atoms with E-state index in [2.05, 4.69) is 10.5 Å². The van der Waals surface area contributed by atoms with E-state index in [4.69, 9.17) is 11.6 Å². The van der Waals surface area contributed by atoms with Gasteiger partial charge in [0.2, 0.25) is 0 Å². The Hall–Kier alpha value is -1.35. The molecule has 0 amide bonds. The molecule has 0 radical (unpaired) electrons. The summed E-state index contributed by atoms with van der Waals surface area (Å²) in [5.74, 6) is 0. The lowest BCUT2D eigenvalue weighted by molar-refractivity contribution is -0.461. The van der Waals surface area contributed by atoms with Gasteiger partial charge in [0.25, 0.3) is 6.34 Å². The Balaban J connectivity index is 2.61. The monoisotopic (exact) mass is 210 g/mol. The third-order valence-electron chi connectivity index (χ3n) is 1.50. The first-order valence-electron chi connectivity index (χ1n) is 4.23. The normalized spacial score (nSPS) is 10.2. The summed E-state index contributed by atoms with van der Waals surface area (Å²) in [6.07, 6.45) is 3.43. The van der Waals surface area contributed by atoms with Gasteiger partial charge in [0.15, 0.2) is 0 Å². The molecule has 0 unspecified atom stereocenters. The maximum atomic E-state index is 5.93. The number of nitrogens with one attached hydrogen (secondary N) is 1. The Morgan fingerprint density at radius 2 is 2.07 bits per heavy atom. The van der Waals surface area contributed by atoms with E-state index < -0.39 is 0 Å². The summed E-state index contributed by atoms with van der Waals surface area (Å²) in [6.45, 7) is 0. The van der Waals surface area contributed by atoms with Crippen molar-refractivity contribution in [1.82, 2.24) is 5.43 Å². The van der Waals surface area contributed by atoms with Crippen LogP contribution in [-0.2, 0) is 0 Å². The molecular formula is C10H13ClN3+. The van der Waals surface area contributed by atoms with Crippen molar-refractivity contribution >= 4 is 24.2 Å². The number of hydrogen-bond donors (Lipinski definition) is 1. The molecule has 1 aromatic rings. The molecule has 0 heterocycles. The molecule has 0 fully saturated rings. The molecule has 0 aliphatic heterocycles. The summed E-state index contributed by atoms with van der Waals surface area (Å²) >= 11 is 5.93. The maximum absolute atomic E-state index is 5.93. The first-order valence-corrected chi connectivity index (χ1v) is 4.61. The molecule has 0 bridgehead atoms. The van der Waals surface area contributed by atoms with Gasteiger partial charge in [-0.15, -0.1) is 0 Å². The van der Waals surface area contributed by atoms with Gasteiger partial charge in [-0.1, -0.05) is 34.9 Å². The molecule has 4 heteroatoms. The van der Waals surface area contributed by atoms with E-state index in [1.54, 1.807) is 12.6 Å². The third kappa shape index (κ3) is 3.58. The van der Waals surface area contributed by atoms with E-state index in [0.29, 0.717) is 5.02 Å². The van der Waals surface area contributed by atoms with Crippen molar-refractivity contribution in [2.45, 2.75) is 0 Å². The number of hydrazone groups is 1. The second kappa shape index (κ2) is 5.40. The third-order valence-corrected chi connectivity index (χ3v) is 1.84. The number of rotatable bonds is 3. The van der Waals surface area contributed by atoms with Crippen molar-refractivity contribution in [3.63, 3.8) is 0 Å². The summed E-state index contributed by atoms with van der Waals surface area (Å²) in [6, 6.07) is 7.55. The summed E-state index contributed by atoms with van der Waals surface area (Å²) in [4.78, 5) is 0. The van der Waals surface area contributed by atoms with Gasteiger partial charge in [0, 0.05) is 10.6 Å². The molecule has 0 atom stereocenters. The largest absolute Gasteiger partial charge is 0.272 e. The summed E-state index contributed by atoms with van der Waals surface area (Å²) in [5, 5.41) is 4.68. The van der Waals surface area contributed by atoms with Crippen LogP contribution in [0.25, 0.3) is 0 Å². The predicted octanol–water partition coefficient (Wildman–Crippen LogP) is 1.56. The highest BCUT2D eigenvalue weighted by Gasteiger charge is 1.93. The van der Waals surface area contributed by atoms with E-state index in [-0.39, 0.29) is 0 Å². The maximum Gasteiger partial charge on any atom is 0.256 e. The molecule has 0 aliphatic rings. The minimum atomic E-state index is 0.697. The molecule has 1 aromatic carbocycles. The Kier molecular flexibility index (Phi) is 4.13. The minimum absolute atomic E-state index is 0.697. The zero-order valence-corrected chi connectivity index (χ0v) is 8.99. The number of nitrogens with zero attached hydrogens (tertiary/aromatic N) is 2. The average Bonchev–Trinajstić information content (AvgIpc) is 2.15. The summed E-state index contributed by atoms with van der Waals surface area (Å²) < 4.78 is 1.87. The van der Waals surface area contributed by atoms with Crippen LogP contribution in [0.15, 0.2) is 29.4 Å². The van der Waals surface area contributed by atoms with Crippen molar-refractivity contribution < 1.29 is 4.58 Å². The lowest BCUT2D eigenvalue weighted by atomic mass is 10.2. The van der Waals surface area contributed by atoms with Crippen LogP contribution in [-0.4, -0.2) is 31.2 Å². The van der Waals surface area contributed by atoms with Gasteiger partial charge in [0.05, 0.1) is 20.3 Å². The van der Waals surface area contributed by atoms with Crippen molar-refractivity contribution in [3.8, 4) is 0 Å². The van der Waals surface area contributed by atoms with Crippen LogP contribution < -0.4 is 5.43 Å². The lowest BCUT2D eigenvalue weighted by Crippen LogP contribution is -2.11. The molecule has 3 nitrogen and oxygen atoms in total. The van der Waals surface area contributed by atoms with Gasteiger partial charge in [0.1, 0.15) is 0 Å². The highest BCUT2D eigenvalue weighted by Crippen LogP contribution is 2.11. The molecule has 1 N–H and O–H groups in total. The SMILES string of the molecule is C[N+](C)=CN/N=C\c1ccccc1Cl. The molecule has 0 spiro atoms. The highest BCUT2D eigenvalue weighted by atomic mass is 35.5. The van der Waals surface area contributed by atoms with Crippen molar-refractivity contribution in [3.05, 3.63) is 34.9 Å². The summed E-state index contributed by atoms with van der Waals surface area (Å²) in [7, 11) is 3.83. The van der Waals surface area contributed by atoms with Crippen LogP contribution >= 0.6 is 11.6 Å². The number of halogens is 1.